The van der Waals surface area contributed by atoms with E-state index in [2.05, 4.69) is 25.2 Å². The lowest BCUT2D eigenvalue weighted by molar-refractivity contribution is 0.116. The van der Waals surface area contributed by atoms with Crippen molar-refractivity contribution < 1.29 is 4.74 Å². The van der Waals surface area contributed by atoms with Gasteiger partial charge >= 0.3 is 0 Å². The second kappa shape index (κ2) is 2.41. The monoisotopic (exact) mass is 162 g/mol. The van der Waals surface area contributed by atoms with E-state index in [0.717, 1.165) is 18.0 Å². The predicted octanol–water partition coefficient (Wildman–Crippen LogP) is 2.07. The molecule has 0 aromatic heterocycles. The molecule has 0 saturated heterocycles. The summed E-state index contributed by atoms with van der Waals surface area (Å²) >= 11 is 0. The lowest BCUT2D eigenvalue weighted by atomic mass is 10.1. The highest BCUT2D eigenvalue weighted by Gasteiger charge is 2.25. The van der Waals surface area contributed by atoms with Crippen molar-refractivity contribution in [1.82, 2.24) is 0 Å². The van der Waals surface area contributed by atoms with Crippen molar-refractivity contribution in [2.45, 2.75) is 19.4 Å². The molecule has 1 aromatic rings. The van der Waals surface area contributed by atoms with Gasteiger partial charge in [0.05, 0.1) is 12.2 Å². The molecule has 2 heteroatoms. The van der Waals surface area contributed by atoms with Crippen molar-refractivity contribution in [2.75, 3.05) is 11.9 Å². The Labute approximate surface area is 72.5 Å². The van der Waals surface area contributed by atoms with Gasteiger partial charge in [-0.05, 0) is 32.0 Å². The van der Waals surface area contributed by atoms with Crippen LogP contribution in [0.1, 0.15) is 13.8 Å². The third-order valence-electron chi connectivity index (χ3n) is 1.91. The van der Waals surface area contributed by atoms with Crippen LogP contribution in [-0.4, -0.2) is 12.1 Å². The molecule has 1 aromatic carbocycles. The van der Waals surface area contributed by atoms with Crippen LogP contribution in [0.2, 0.25) is 0 Å². The summed E-state index contributed by atoms with van der Waals surface area (Å²) in [6.07, 6.45) is 0. The summed E-state index contributed by atoms with van der Waals surface area (Å²) in [5.41, 5.74) is 0.936. The molecule has 1 N–H and O–H groups in total. The highest BCUT2D eigenvalue weighted by Crippen LogP contribution is 2.31. The summed E-state index contributed by atoms with van der Waals surface area (Å²) in [6, 6.07) is 8.71. The number of hydrogen-bond donors (Lipinski definition) is 1. The van der Waals surface area contributed by atoms with Crippen LogP contribution in [0.5, 0.6) is 5.75 Å². The van der Waals surface area contributed by atoms with Gasteiger partial charge in [0.25, 0.3) is 0 Å². The average molecular weight is 162 g/mol. The molecule has 0 bridgehead atoms. The second-order valence-electron chi connectivity index (χ2n) is 3.64. The van der Waals surface area contributed by atoms with E-state index in [1.54, 1.807) is 0 Å². The van der Waals surface area contributed by atoms with Crippen LogP contribution in [0.4, 0.5) is 5.69 Å². The lowest BCUT2D eigenvalue weighted by Crippen LogP contribution is -2.39. The zero-order chi connectivity index (χ0) is 8.60. The van der Waals surface area contributed by atoms with Gasteiger partial charge in [-0.25, -0.2) is 0 Å². The fourth-order valence-electron chi connectivity index (χ4n) is 1.29. The Bertz CT molecular complexity index is 294. The maximum atomic E-state index is 5.74. The lowest BCUT2D eigenvalue weighted by Gasteiger charge is -2.33. The largest absolute Gasteiger partial charge is 0.484 e. The molecule has 1 heterocycles. The Hall–Kier alpha value is -1.18. The van der Waals surface area contributed by atoms with E-state index in [0.29, 0.717) is 0 Å². The Kier molecular flexibility index (Phi) is 1.50. The van der Waals surface area contributed by atoms with Crippen molar-refractivity contribution in [3.63, 3.8) is 0 Å². The first-order chi connectivity index (χ1) is 5.67. The molecule has 0 saturated carbocycles. The molecule has 0 atom stereocenters. The predicted molar refractivity (Wildman–Crippen MR) is 48.5 cm³/mol. The van der Waals surface area contributed by atoms with E-state index in [1.165, 1.54) is 0 Å². The Balaban J connectivity index is 2.35. The van der Waals surface area contributed by atoms with Crippen molar-refractivity contribution in [2.24, 2.45) is 0 Å². The molecular weight excluding hydrogens is 150 g/mol. The second-order valence-corrected chi connectivity index (χ2v) is 3.64. The molecule has 12 heavy (non-hydrogen) atoms. The zero-order valence-corrected chi connectivity index (χ0v) is 7.35. The molecule has 0 aliphatic carbocycles. The summed E-state index contributed by atoms with van der Waals surface area (Å²) in [5, 5.41) is 3.30. The molecule has 1 radical (unpaired) electrons. The first-order valence-corrected chi connectivity index (χ1v) is 4.10. The van der Waals surface area contributed by atoms with Crippen LogP contribution in [0.3, 0.4) is 0 Å². The van der Waals surface area contributed by atoms with Crippen LogP contribution in [0, 0.1) is 6.07 Å². The Morgan fingerprint density at radius 3 is 3.25 bits per heavy atom. The van der Waals surface area contributed by atoms with Gasteiger partial charge in [-0.1, -0.05) is 6.07 Å². The Morgan fingerprint density at radius 2 is 2.42 bits per heavy atom. The van der Waals surface area contributed by atoms with Crippen LogP contribution in [0.25, 0.3) is 0 Å². The topological polar surface area (TPSA) is 21.3 Å². The average Bonchev–Trinajstić information content (AvgIpc) is 2.02. The van der Waals surface area contributed by atoms with Crippen LogP contribution in [-0.2, 0) is 0 Å². The normalized spacial score (nSPS) is 18.8. The number of rotatable bonds is 0. The first kappa shape index (κ1) is 7.47. The van der Waals surface area contributed by atoms with Gasteiger partial charge in [0.2, 0.25) is 0 Å². The highest BCUT2D eigenvalue weighted by molar-refractivity contribution is 5.57. The number of hydrogen-bond acceptors (Lipinski definition) is 2. The molecule has 1 aliphatic heterocycles. The summed E-state index contributed by atoms with van der Waals surface area (Å²) in [5.74, 6) is 0.921. The van der Waals surface area contributed by atoms with Crippen molar-refractivity contribution >= 4 is 5.69 Å². The number of fused-ring (bicyclic) bond motifs is 1. The maximum Gasteiger partial charge on any atom is 0.143 e. The summed E-state index contributed by atoms with van der Waals surface area (Å²) in [7, 11) is 0. The molecule has 0 fully saturated rings. The SMILES string of the molecule is CC1(C)CNc2c[c]ccc2O1. The summed E-state index contributed by atoms with van der Waals surface area (Å²) in [6.45, 7) is 4.98. The van der Waals surface area contributed by atoms with E-state index in [4.69, 9.17) is 4.74 Å². The van der Waals surface area contributed by atoms with E-state index >= 15 is 0 Å². The van der Waals surface area contributed by atoms with Crippen molar-refractivity contribution in [3.8, 4) is 5.75 Å². The van der Waals surface area contributed by atoms with E-state index in [1.807, 2.05) is 18.2 Å². The third-order valence-corrected chi connectivity index (χ3v) is 1.91. The van der Waals surface area contributed by atoms with Crippen molar-refractivity contribution in [3.05, 3.63) is 24.3 Å². The van der Waals surface area contributed by atoms with Gasteiger partial charge in [-0.2, -0.15) is 0 Å². The highest BCUT2D eigenvalue weighted by atomic mass is 16.5. The molecule has 1 aliphatic rings. The minimum absolute atomic E-state index is 0.103. The minimum Gasteiger partial charge on any atom is -0.484 e. The molecule has 0 unspecified atom stereocenters. The van der Waals surface area contributed by atoms with Gasteiger partial charge in [-0.3, -0.25) is 0 Å². The molecule has 2 nitrogen and oxygen atoms in total. The smallest absolute Gasteiger partial charge is 0.143 e. The maximum absolute atomic E-state index is 5.74. The molecule has 0 spiro atoms. The van der Waals surface area contributed by atoms with Gasteiger partial charge in [0, 0.05) is 0 Å². The van der Waals surface area contributed by atoms with E-state index in [-0.39, 0.29) is 5.60 Å². The van der Waals surface area contributed by atoms with Gasteiger partial charge in [-0.15, -0.1) is 0 Å². The summed E-state index contributed by atoms with van der Waals surface area (Å²) in [4.78, 5) is 0. The van der Waals surface area contributed by atoms with E-state index in [9.17, 15) is 0 Å². The van der Waals surface area contributed by atoms with Gasteiger partial charge in [0.15, 0.2) is 0 Å². The number of nitrogens with one attached hydrogen (secondary N) is 1. The molecular formula is C10H12NO. The number of anilines is 1. The van der Waals surface area contributed by atoms with Crippen LogP contribution < -0.4 is 10.1 Å². The fourth-order valence-corrected chi connectivity index (χ4v) is 1.29. The number of ether oxygens (including phenoxy) is 1. The van der Waals surface area contributed by atoms with Gasteiger partial charge < -0.3 is 10.1 Å². The zero-order valence-electron chi connectivity index (χ0n) is 7.35. The van der Waals surface area contributed by atoms with E-state index < -0.39 is 0 Å². The third kappa shape index (κ3) is 1.24. The quantitative estimate of drug-likeness (QED) is 0.630. The summed E-state index contributed by atoms with van der Waals surface area (Å²) < 4.78 is 5.74. The van der Waals surface area contributed by atoms with Crippen LogP contribution in [0.15, 0.2) is 18.2 Å². The molecule has 2 rings (SSSR count). The number of benzene rings is 1. The minimum atomic E-state index is -0.103. The molecule has 0 amide bonds. The van der Waals surface area contributed by atoms with Gasteiger partial charge in [0.1, 0.15) is 11.4 Å². The fraction of sp³-hybridized carbons (Fsp3) is 0.400. The van der Waals surface area contributed by atoms with Crippen LogP contribution >= 0.6 is 0 Å². The first-order valence-electron chi connectivity index (χ1n) is 4.10. The standard InChI is InChI=1S/C10H12NO/c1-10(2)7-11-8-5-3-4-6-9(8)12-10/h4-6,11H,7H2,1-2H3. The molecule has 63 valence electrons. The Morgan fingerprint density at radius 1 is 1.58 bits per heavy atom. The van der Waals surface area contributed by atoms with Crippen molar-refractivity contribution in [1.29, 1.82) is 0 Å².